The van der Waals surface area contributed by atoms with Crippen molar-refractivity contribution in [1.82, 2.24) is 4.68 Å². The highest BCUT2D eigenvalue weighted by molar-refractivity contribution is 5.88. The van der Waals surface area contributed by atoms with Gasteiger partial charge in [0.25, 0.3) is 5.56 Å². The Labute approximate surface area is 134 Å². The van der Waals surface area contributed by atoms with Gasteiger partial charge >= 0.3 is 0 Å². The number of fused-ring (bicyclic) bond motifs is 1. The molecule has 0 saturated heterocycles. The zero-order chi connectivity index (χ0) is 16.4. The zero-order valence-corrected chi connectivity index (χ0v) is 13.3. The van der Waals surface area contributed by atoms with Crippen LogP contribution in [0.5, 0.6) is 11.5 Å². The van der Waals surface area contributed by atoms with Gasteiger partial charge in [0.1, 0.15) is 0 Å². The van der Waals surface area contributed by atoms with Crippen molar-refractivity contribution in [3.63, 3.8) is 0 Å². The van der Waals surface area contributed by atoms with Crippen LogP contribution in [0.2, 0.25) is 0 Å². The minimum atomic E-state index is -0.133. The molecular formula is C18H18N2O3. The Morgan fingerprint density at radius 1 is 0.957 bits per heavy atom. The summed E-state index contributed by atoms with van der Waals surface area (Å²) >= 11 is 0. The summed E-state index contributed by atoms with van der Waals surface area (Å²) in [6.45, 7) is 1.89. The summed E-state index contributed by atoms with van der Waals surface area (Å²) in [7, 11) is 3.17. The second-order valence-corrected chi connectivity index (χ2v) is 5.18. The first-order valence-electron chi connectivity index (χ1n) is 7.24. The van der Waals surface area contributed by atoms with E-state index in [1.807, 2.05) is 49.4 Å². The standard InChI is InChI=1S/C18H18N2O3/c1-12-15-11-17(23-3)16(22-2)9-13(15)10-18(21)20(12)19-14-7-5-4-6-8-14/h4-11,19H,1-3H3. The topological polar surface area (TPSA) is 52.5 Å². The van der Waals surface area contributed by atoms with Crippen molar-refractivity contribution in [3.8, 4) is 11.5 Å². The van der Waals surface area contributed by atoms with E-state index in [2.05, 4.69) is 5.43 Å². The van der Waals surface area contributed by atoms with Crippen LogP contribution in [0.1, 0.15) is 5.69 Å². The van der Waals surface area contributed by atoms with Gasteiger partial charge in [-0.25, -0.2) is 4.68 Å². The Morgan fingerprint density at radius 2 is 1.61 bits per heavy atom. The summed E-state index contributed by atoms with van der Waals surface area (Å²) < 4.78 is 12.2. The summed E-state index contributed by atoms with van der Waals surface area (Å²) in [5, 5.41) is 1.74. The number of para-hydroxylation sites is 1. The molecule has 3 aromatic rings. The van der Waals surface area contributed by atoms with Gasteiger partial charge in [-0.15, -0.1) is 0 Å². The molecule has 118 valence electrons. The average molecular weight is 310 g/mol. The monoisotopic (exact) mass is 310 g/mol. The lowest BCUT2D eigenvalue weighted by atomic mass is 10.1. The van der Waals surface area contributed by atoms with Gasteiger partial charge in [0.05, 0.1) is 19.9 Å². The van der Waals surface area contributed by atoms with E-state index in [9.17, 15) is 4.79 Å². The Morgan fingerprint density at radius 3 is 2.26 bits per heavy atom. The third-order valence-corrected chi connectivity index (χ3v) is 3.79. The first-order chi connectivity index (χ1) is 11.1. The van der Waals surface area contributed by atoms with Gasteiger partial charge in [-0.2, -0.15) is 0 Å². The molecule has 1 N–H and O–H groups in total. The van der Waals surface area contributed by atoms with E-state index in [0.29, 0.717) is 11.5 Å². The fourth-order valence-corrected chi connectivity index (χ4v) is 2.59. The van der Waals surface area contributed by atoms with Crippen LogP contribution in [-0.2, 0) is 0 Å². The maximum Gasteiger partial charge on any atom is 0.269 e. The SMILES string of the molecule is COc1cc2cc(=O)n(Nc3ccccc3)c(C)c2cc1OC. The van der Waals surface area contributed by atoms with E-state index in [-0.39, 0.29) is 5.56 Å². The van der Waals surface area contributed by atoms with Crippen LogP contribution in [0.4, 0.5) is 5.69 Å². The Bertz CT molecular complexity index is 902. The number of hydrogen-bond donors (Lipinski definition) is 1. The summed E-state index contributed by atoms with van der Waals surface area (Å²) in [6, 6.07) is 14.9. The number of benzene rings is 2. The molecule has 5 heteroatoms. The second kappa shape index (κ2) is 6.04. The number of anilines is 1. The number of ether oxygens (including phenoxy) is 2. The van der Waals surface area contributed by atoms with E-state index < -0.39 is 0 Å². The average Bonchev–Trinajstić information content (AvgIpc) is 2.58. The molecule has 0 aliphatic rings. The number of hydrogen-bond acceptors (Lipinski definition) is 4. The van der Waals surface area contributed by atoms with Crippen LogP contribution in [0.25, 0.3) is 10.8 Å². The van der Waals surface area contributed by atoms with Gasteiger partial charge in [-0.05, 0) is 36.6 Å². The molecule has 0 atom stereocenters. The van der Waals surface area contributed by atoms with Crippen LogP contribution in [0, 0.1) is 6.92 Å². The molecule has 0 amide bonds. The zero-order valence-electron chi connectivity index (χ0n) is 13.3. The molecule has 0 aliphatic carbocycles. The van der Waals surface area contributed by atoms with Crippen LogP contribution in [-0.4, -0.2) is 18.9 Å². The number of rotatable bonds is 4. The maximum absolute atomic E-state index is 12.4. The summed E-state index contributed by atoms with van der Waals surface area (Å²) in [5.74, 6) is 1.24. The highest BCUT2D eigenvalue weighted by atomic mass is 16.5. The largest absolute Gasteiger partial charge is 0.493 e. The molecule has 1 heterocycles. The van der Waals surface area contributed by atoms with Crippen molar-refractivity contribution in [1.29, 1.82) is 0 Å². The third-order valence-electron chi connectivity index (χ3n) is 3.79. The number of pyridine rings is 1. The molecule has 3 rings (SSSR count). The molecule has 0 fully saturated rings. The quantitative estimate of drug-likeness (QED) is 0.804. The lowest BCUT2D eigenvalue weighted by Crippen LogP contribution is -2.27. The van der Waals surface area contributed by atoms with E-state index in [1.165, 1.54) is 4.68 Å². The van der Waals surface area contributed by atoms with Crippen LogP contribution < -0.4 is 20.5 Å². The number of nitrogens with zero attached hydrogens (tertiary/aromatic N) is 1. The molecule has 1 aromatic heterocycles. The summed E-state index contributed by atoms with van der Waals surface area (Å²) in [4.78, 5) is 12.4. The molecule has 2 aromatic carbocycles. The lowest BCUT2D eigenvalue weighted by Gasteiger charge is -2.16. The van der Waals surface area contributed by atoms with Crippen molar-refractivity contribution in [2.75, 3.05) is 19.6 Å². The normalized spacial score (nSPS) is 10.6. The van der Waals surface area contributed by atoms with Crippen molar-refractivity contribution in [2.45, 2.75) is 6.92 Å². The molecule has 23 heavy (non-hydrogen) atoms. The Balaban J connectivity index is 2.18. The third kappa shape index (κ3) is 2.73. The predicted molar refractivity (Wildman–Crippen MR) is 91.5 cm³/mol. The fraction of sp³-hybridized carbons (Fsp3) is 0.167. The Hall–Kier alpha value is -2.95. The number of aryl methyl sites for hydroxylation is 1. The molecule has 5 nitrogen and oxygen atoms in total. The van der Waals surface area contributed by atoms with Gasteiger partial charge in [0, 0.05) is 17.1 Å². The molecule has 0 spiro atoms. The maximum atomic E-state index is 12.4. The van der Waals surface area contributed by atoms with Gasteiger partial charge in [-0.3, -0.25) is 10.2 Å². The summed E-state index contributed by atoms with van der Waals surface area (Å²) in [5.41, 5.74) is 4.65. The number of methoxy groups -OCH3 is 2. The highest BCUT2D eigenvalue weighted by Crippen LogP contribution is 2.32. The fourth-order valence-electron chi connectivity index (χ4n) is 2.59. The lowest BCUT2D eigenvalue weighted by molar-refractivity contribution is 0.356. The van der Waals surface area contributed by atoms with E-state index in [1.54, 1.807) is 20.3 Å². The minimum Gasteiger partial charge on any atom is -0.493 e. The Kier molecular flexibility index (Phi) is 3.93. The van der Waals surface area contributed by atoms with Gasteiger partial charge in [-0.1, -0.05) is 18.2 Å². The van der Waals surface area contributed by atoms with Crippen molar-refractivity contribution < 1.29 is 9.47 Å². The number of aromatic nitrogens is 1. The molecular weight excluding hydrogens is 292 g/mol. The number of nitrogens with one attached hydrogen (secondary N) is 1. The molecule has 0 aliphatic heterocycles. The predicted octanol–water partition coefficient (Wildman–Crippen LogP) is 3.20. The van der Waals surface area contributed by atoms with Crippen molar-refractivity contribution in [2.24, 2.45) is 0 Å². The molecule has 0 radical (unpaired) electrons. The van der Waals surface area contributed by atoms with Crippen molar-refractivity contribution >= 4 is 16.5 Å². The van der Waals surface area contributed by atoms with Crippen LogP contribution in [0.15, 0.2) is 53.3 Å². The smallest absolute Gasteiger partial charge is 0.269 e. The molecule has 0 saturated carbocycles. The van der Waals surface area contributed by atoms with Gasteiger partial charge in [0.2, 0.25) is 0 Å². The van der Waals surface area contributed by atoms with E-state index >= 15 is 0 Å². The van der Waals surface area contributed by atoms with E-state index in [0.717, 1.165) is 22.2 Å². The molecule has 0 unspecified atom stereocenters. The molecule has 0 bridgehead atoms. The van der Waals surface area contributed by atoms with Gasteiger partial charge < -0.3 is 9.47 Å². The van der Waals surface area contributed by atoms with Gasteiger partial charge in [0.15, 0.2) is 11.5 Å². The first-order valence-corrected chi connectivity index (χ1v) is 7.24. The van der Waals surface area contributed by atoms with Crippen LogP contribution in [0.3, 0.4) is 0 Å². The minimum absolute atomic E-state index is 0.133. The highest BCUT2D eigenvalue weighted by Gasteiger charge is 2.11. The second-order valence-electron chi connectivity index (χ2n) is 5.18. The summed E-state index contributed by atoms with van der Waals surface area (Å²) in [6.07, 6.45) is 0. The first kappa shape index (κ1) is 15.0. The van der Waals surface area contributed by atoms with Crippen LogP contribution >= 0.6 is 0 Å². The van der Waals surface area contributed by atoms with E-state index in [4.69, 9.17) is 9.47 Å². The van der Waals surface area contributed by atoms with Crippen molar-refractivity contribution in [3.05, 3.63) is 64.6 Å².